The highest BCUT2D eigenvalue weighted by atomic mass is 35.5. The molecule has 2 aromatic rings. The van der Waals surface area contributed by atoms with Gasteiger partial charge < -0.3 is 9.64 Å². The SMILES string of the molecule is COc1ccc(Cl)cc1-c1ccc2c(c1)SC(=N)N1CCCN=C21. The van der Waals surface area contributed by atoms with Crippen LogP contribution in [0.25, 0.3) is 11.1 Å². The van der Waals surface area contributed by atoms with E-state index in [-0.39, 0.29) is 0 Å². The second-order valence-electron chi connectivity index (χ2n) is 5.67. The summed E-state index contributed by atoms with van der Waals surface area (Å²) < 4.78 is 5.47. The lowest BCUT2D eigenvalue weighted by Crippen LogP contribution is -2.42. The lowest BCUT2D eigenvalue weighted by atomic mass is 10.0. The molecule has 122 valence electrons. The van der Waals surface area contributed by atoms with Crippen molar-refractivity contribution in [1.29, 1.82) is 5.41 Å². The lowest BCUT2D eigenvalue weighted by Gasteiger charge is -2.34. The Balaban J connectivity index is 1.83. The van der Waals surface area contributed by atoms with Crippen molar-refractivity contribution in [2.45, 2.75) is 11.3 Å². The molecule has 0 radical (unpaired) electrons. The molecule has 24 heavy (non-hydrogen) atoms. The van der Waals surface area contributed by atoms with Crippen molar-refractivity contribution in [3.63, 3.8) is 0 Å². The second-order valence-corrected chi connectivity index (χ2v) is 7.14. The first kappa shape index (κ1) is 15.5. The van der Waals surface area contributed by atoms with E-state index in [1.165, 1.54) is 11.8 Å². The fraction of sp³-hybridized carbons (Fsp3) is 0.222. The molecule has 0 aromatic heterocycles. The summed E-state index contributed by atoms with van der Waals surface area (Å²) in [6.07, 6.45) is 1.000. The molecule has 0 saturated carbocycles. The lowest BCUT2D eigenvalue weighted by molar-refractivity contribution is 0.416. The third-order valence-corrected chi connectivity index (χ3v) is 5.41. The predicted octanol–water partition coefficient (Wildman–Crippen LogP) is 4.51. The molecule has 0 atom stereocenters. The minimum Gasteiger partial charge on any atom is -0.496 e. The summed E-state index contributed by atoms with van der Waals surface area (Å²) in [6, 6.07) is 11.8. The van der Waals surface area contributed by atoms with Gasteiger partial charge in [-0.2, -0.15) is 0 Å². The van der Waals surface area contributed by atoms with Gasteiger partial charge in [0.1, 0.15) is 11.6 Å². The van der Waals surface area contributed by atoms with Crippen LogP contribution in [0.5, 0.6) is 5.75 Å². The maximum absolute atomic E-state index is 8.29. The van der Waals surface area contributed by atoms with Gasteiger partial charge in [-0.15, -0.1) is 0 Å². The van der Waals surface area contributed by atoms with Crippen molar-refractivity contribution >= 4 is 34.4 Å². The smallest absolute Gasteiger partial charge is 0.166 e. The first-order valence-corrected chi connectivity index (χ1v) is 8.93. The number of fused-ring (bicyclic) bond motifs is 3. The number of hydrogen-bond acceptors (Lipinski definition) is 4. The van der Waals surface area contributed by atoms with Crippen LogP contribution >= 0.6 is 23.4 Å². The Bertz CT molecular complexity index is 865. The molecule has 0 amide bonds. The number of thioether (sulfide) groups is 1. The van der Waals surface area contributed by atoms with Crippen LogP contribution in [0.15, 0.2) is 46.3 Å². The fourth-order valence-corrected chi connectivity index (χ4v) is 4.18. The number of benzene rings is 2. The van der Waals surface area contributed by atoms with Crippen molar-refractivity contribution in [3.05, 3.63) is 47.0 Å². The Kier molecular flexibility index (Phi) is 3.98. The Labute approximate surface area is 150 Å². The van der Waals surface area contributed by atoms with Crippen molar-refractivity contribution in [1.82, 2.24) is 4.90 Å². The van der Waals surface area contributed by atoms with E-state index in [0.717, 1.165) is 52.7 Å². The van der Waals surface area contributed by atoms with Gasteiger partial charge in [0.25, 0.3) is 0 Å². The van der Waals surface area contributed by atoms with Gasteiger partial charge in [-0.05, 0) is 42.3 Å². The van der Waals surface area contributed by atoms with E-state index in [0.29, 0.717) is 10.2 Å². The zero-order valence-electron chi connectivity index (χ0n) is 13.2. The van der Waals surface area contributed by atoms with Crippen molar-refractivity contribution in [2.24, 2.45) is 4.99 Å². The summed E-state index contributed by atoms with van der Waals surface area (Å²) in [5, 5.41) is 9.51. The monoisotopic (exact) mass is 357 g/mol. The summed E-state index contributed by atoms with van der Waals surface area (Å²) in [7, 11) is 1.66. The third kappa shape index (κ3) is 2.58. The summed E-state index contributed by atoms with van der Waals surface area (Å²) in [6.45, 7) is 1.70. The summed E-state index contributed by atoms with van der Waals surface area (Å²) in [5.74, 6) is 1.71. The molecule has 4 nitrogen and oxygen atoms in total. The number of rotatable bonds is 2. The van der Waals surface area contributed by atoms with Crippen LogP contribution in [-0.4, -0.2) is 36.1 Å². The molecule has 2 aromatic carbocycles. The van der Waals surface area contributed by atoms with Gasteiger partial charge in [-0.1, -0.05) is 29.4 Å². The molecule has 0 saturated heterocycles. The molecule has 0 fully saturated rings. The number of methoxy groups -OCH3 is 1. The average Bonchev–Trinajstić information content (AvgIpc) is 2.61. The van der Waals surface area contributed by atoms with Crippen molar-refractivity contribution in [2.75, 3.05) is 20.2 Å². The largest absolute Gasteiger partial charge is 0.496 e. The van der Waals surface area contributed by atoms with Gasteiger partial charge in [0.2, 0.25) is 0 Å². The highest BCUT2D eigenvalue weighted by Crippen LogP contribution is 2.39. The van der Waals surface area contributed by atoms with Gasteiger partial charge in [-0.3, -0.25) is 10.4 Å². The zero-order valence-corrected chi connectivity index (χ0v) is 14.7. The Morgan fingerprint density at radius 3 is 2.92 bits per heavy atom. The zero-order chi connectivity index (χ0) is 16.7. The highest BCUT2D eigenvalue weighted by molar-refractivity contribution is 8.14. The van der Waals surface area contributed by atoms with Crippen molar-refractivity contribution < 1.29 is 4.74 Å². The molecular weight excluding hydrogens is 342 g/mol. The first-order valence-electron chi connectivity index (χ1n) is 7.74. The van der Waals surface area contributed by atoms with E-state index in [9.17, 15) is 0 Å². The molecule has 0 bridgehead atoms. The third-order valence-electron chi connectivity index (χ3n) is 4.20. The maximum Gasteiger partial charge on any atom is 0.166 e. The highest BCUT2D eigenvalue weighted by Gasteiger charge is 2.29. The predicted molar refractivity (Wildman–Crippen MR) is 99.8 cm³/mol. The quantitative estimate of drug-likeness (QED) is 0.860. The number of hydrogen-bond donors (Lipinski definition) is 1. The summed E-state index contributed by atoms with van der Waals surface area (Å²) in [4.78, 5) is 7.68. The molecule has 0 unspecified atom stereocenters. The molecule has 2 aliphatic rings. The van der Waals surface area contributed by atoms with Crippen LogP contribution < -0.4 is 4.74 Å². The van der Waals surface area contributed by atoms with E-state index >= 15 is 0 Å². The summed E-state index contributed by atoms with van der Waals surface area (Å²) >= 11 is 7.64. The molecule has 0 aliphatic carbocycles. The van der Waals surface area contributed by atoms with E-state index < -0.39 is 0 Å². The van der Waals surface area contributed by atoms with E-state index in [1.807, 2.05) is 23.1 Å². The molecular formula is C18H16ClN3OS. The number of halogens is 1. The van der Waals surface area contributed by atoms with Crippen molar-refractivity contribution in [3.8, 4) is 16.9 Å². The number of aliphatic imine (C=N–C) groups is 1. The van der Waals surface area contributed by atoms with E-state index in [4.69, 9.17) is 21.7 Å². The van der Waals surface area contributed by atoms with Crippen LogP contribution in [-0.2, 0) is 0 Å². The topological polar surface area (TPSA) is 48.7 Å². The summed E-state index contributed by atoms with van der Waals surface area (Å²) in [5.41, 5.74) is 3.08. The molecule has 2 heterocycles. The molecule has 2 aliphatic heterocycles. The van der Waals surface area contributed by atoms with Gasteiger partial charge in [0, 0.05) is 34.1 Å². The molecule has 1 N–H and O–H groups in total. The van der Waals surface area contributed by atoms with Crippen LogP contribution in [0.4, 0.5) is 0 Å². The molecule has 6 heteroatoms. The van der Waals surface area contributed by atoms with Crippen LogP contribution in [0, 0.1) is 5.41 Å². The second kappa shape index (κ2) is 6.15. The first-order chi connectivity index (χ1) is 11.7. The molecule has 0 spiro atoms. The number of ether oxygens (including phenoxy) is 1. The Morgan fingerprint density at radius 2 is 2.08 bits per heavy atom. The van der Waals surface area contributed by atoms with E-state index in [2.05, 4.69) is 23.2 Å². The van der Waals surface area contributed by atoms with Gasteiger partial charge in [0.05, 0.1) is 7.11 Å². The minimum absolute atomic E-state index is 0.538. The Morgan fingerprint density at radius 1 is 1.21 bits per heavy atom. The number of nitrogens with one attached hydrogen (secondary N) is 1. The van der Waals surface area contributed by atoms with Gasteiger partial charge >= 0.3 is 0 Å². The van der Waals surface area contributed by atoms with Gasteiger partial charge in [0.15, 0.2) is 5.17 Å². The van der Waals surface area contributed by atoms with Crippen LogP contribution in [0.3, 0.4) is 0 Å². The van der Waals surface area contributed by atoms with Crippen LogP contribution in [0.1, 0.15) is 12.0 Å². The normalized spacial score (nSPS) is 16.3. The number of amidine groups is 2. The average molecular weight is 358 g/mol. The van der Waals surface area contributed by atoms with E-state index in [1.54, 1.807) is 7.11 Å². The maximum atomic E-state index is 8.29. The standard InChI is InChI=1S/C18H16ClN3OS/c1-23-15-6-4-12(19)10-14(15)11-3-5-13-16(9-11)24-18(20)22-8-2-7-21-17(13)22/h3-6,9-10,20H,2,7-8H2,1H3. The molecule has 4 rings (SSSR count). The minimum atomic E-state index is 0.538. The Hall–Kier alpha value is -1.98. The van der Waals surface area contributed by atoms with Gasteiger partial charge in [-0.25, -0.2) is 0 Å². The van der Waals surface area contributed by atoms with Crippen LogP contribution in [0.2, 0.25) is 5.02 Å². The number of nitrogens with zero attached hydrogens (tertiary/aromatic N) is 2. The fourth-order valence-electron chi connectivity index (χ4n) is 3.06.